The van der Waals surface area contributed by atoms with Crippen molar-refractivity contribution >= 4 is 34.8 Å². The summed E-state index contributed by atoms with van der Waals surface area (Å²) < 4.78 is 2.17. The van der Waals surface area contributed by atoms with Crippen LogP contribution < -0.4 is 10.6 Å². The lowest BCUT2D eigenvalue weighted by molar-refractivity contribution is -0.126. The summed E-state index contributed by atoms with van der Waals surface area (Å²) in [4.78, 5) is 29.9. The number of aromatic nitrogens is 2. The molecule has 1 fully saturated rings. The van der Waals surface area contributed by atoms with Gasteiger partial charge in [0.2, 0.25) is 5.91 Å². The van der Waals surface area contributed by atoms with Gasteiger partial charge in [0, 0.05) is 23.4 Å². The number of benzene rings is 2. The van der Waals surface area contributed by atoms with E-state index in [1.807, 2.05) is 42.7 Å². The first-order chi connectivity index (χ1) is 15.0. The molecular formula is C23H26N4O3S. The predicted molar refractivity (Wildman–Crippen MR) is 122 cm³/mol. The highest BCUT2D eigenvalue weighted by molar-refractivity contribution is 7.98. The van der Waals surface area contributed by atoms with Crippen molar-refractivity contribution in [3.63, 3.8) is 0 Å². The van der Waals surface area contributed by atoms with E-state index in [4.69, 9.17) is 4.98 Å². The summed E-state index contributed by atoms with van der Waals surface area (Å²) in [6.45, 7) is 0. The van der Waals surface area contributed by atoms with E-state index in [-0.39, 0.29) is 17.9 Å². The maximum atomic E-state index is 12.3. The molecule has 0 spiro atoms. The van der Waals surface area contributed by atoms with Gasteiger partial charge in [-0.2, -0.15) is 0 Å². The first-order valence-corrected chi connectivity index (χ1v) is 11.6. The average molecular weight is 439 g/mol. The molecule has 1 aliphatic rings. The molecule has 0 radical (unpaired) electrons. The van der Waals surface area contributed by atoms with Crippen molar-refractivity contribution in [2.24, 2.45) is 5.92 Å². The standard InChI is InChI=1S/C23H26N4O3S/c1-24-22(28)14-11-12-19(17(13-14)26-23(29)30)27-18-9-5-4-8-16(18)25-21(27)15-7-3-6-10-20(15)31-2/h3-10,14,17,19,26H,11-13H2,1-2H3,(H,24,28)(H,29,30). The summed E-state index contributed by atoms with van der Waals surface area (Å²) in [6.07, 6.45) is 2.78. The Morgan fingerprint density at radius 1 is 1.13 bits per heavy atom. The molecule has 1 saturated carbocycles. The highest BCUT2D eigenvalue weighted by Gasteiger charge is 2.37. The molecule has 1 aromatic heterocycles. The van der Waals surface area contributed by atoms with Crippen LogP contribution in [0.2, 0.25) is 0 Å². The molecule has 2 aromatic carbocycles. The normalized spacial score (nSPS) is 21.0. The topological polar surface area (TPSA) is 96.3 Å². The van der Waals surface area contributed by atoms with Crippen molar-refractivity contribution in [1.82, 2.24) is 20.2 Å². The second kappa shape index (κ2) is 9.01. The number of para-hydroxylation sites is 2. The van der Waals surface area contributed by atoms with Crippen LogP contribution in [0, 0.1) is 5.92 Å². The highest BCUT2D eigenvalue weighted by atomic mass is 32.2. The van der Waals surface area contributed by atoms with Gasteiger partial charge in [-0.05, 0) is 43.7 Å². The molecule has 3 atom stereocenters. The lowest BCUT2D eigenvalue weighted by atomic mass is 9.81. The zero-order valence-electron chi connectivity index (χ0n) is 17.5. The van der Waals surface area contributed by atoms with E-state index >= 15 is 0 Å². The summed E-state index contributed by atoms with van der Waals surface area (Å²) in [5.74, 6) is 0.570. The van der Waals surface area contributed by atoms with Crippen LogP contribution in [-0.4, -0.2) is 46.0 Å². The number of hydrogen-bond donors (Lipinski definition) is 3. The van der Waals surface area contributed by atoms with E-state index < -0.39 is 12.1 Å². The fraction of sp³-hybridized carbons (Fsp3) is 0.348. The van der Waals surface area contributed by atoms with Crippen molar-refractivity contribution in [1.29, 1.82) is 0 Å². The largest absolute Gasteiger partial charge is 0.465 e. The Kier molecular flexibility index (Phi) is 6.18. The Morgan fingerprint density at radius 2 is 1.87 bits per heavy atom. The van der Waals surface area contributed by atoms with Gasteiger partial charge < -0.3 is 20.3 Å². The number of fused-ring (bicyclic) bond motifs is 1. The van der Waals surface area contributed by atoms with Gasteiger partial charge in [-0.1, -0.05) is 30.3 Å². The molecule has 0 saturated heterocycles. The van der Waals surface area contributed by atoms with Gasteiger partial charge in [-0.15, -0.1) is 11.8 Å². The second-order valence-corrected chi connectivity index (χ2v) is 8.59. The summed E-state index contributed by atoms with van der Waals surface area (Å²) in [6, 6.07) is 15.5. The van der Waals surface area contributed by atoms with Crippen LogP contribution in [-0.2, 0) is 4.79 Å². The summed E-state index contributed by atoms with van der Waals surface area (Å²) in [7, 11) is 1.62. The molecule has 3 N–H and O–H groups in total. The van der Waals surface area contributed by atoms with E-state index in [0.29, 0.717) is 19.3 Å². The zero-order chi connectivity index (χ0) is 22.0. The van der Waals surface area contributed by atoms with Crippen LogP contribution in [0.5, 0.6) is 0 Å². The number of rotatable bonds is 5. The van der Waals surface area contributed by atoms with Crippen molar-refractivity contribution < 1.29 is 14.7 Å². The van der Waals surface area contributed by atoms with E-state index in [1.165, 1.54) is 0 Å². The van der Waals surface area contributed by atoms with Crippen molar-refractivity contribution in [2.45, 2.75) is 36.2 Å². The van der Waals surface area contributed by atoms with E-state index in [0.717, 1.165) is 27.3 Å². The van der Waals surface area contributed by atoms with Gasteiger partial charge in [0.1, 0.15) is 5.82 Å². The molecule has 1 heterocycles. The number of amides is 2. The van der Waals surface area contributed by atoms with Crippen molar-refractivity contribution in [3.8, 4) is 11.4 Å². The number of hydrogen-bond acceptors (Lipinski definition) is 4. The molecule has 162 valence electrons. The van der Waals surface area contributed by atoms with E-state index in [1.54, 1.807) is 18.8 Å². The summed E-state index contributed by atoms with van der Waals surface area (Å²) in [5.41, 5.74) is 2.86. The summed E-state index contributed by atoms with van der Waals surface area (Å²) in [5, 5.41) is 14.9. The number of nitrogens with one attached hydrogen (secondary N) is 2. The average Bonchev–Trinajstić information content (AvgIpc) is 3.17. The van der Waals surface area contributed by atoms with Gasteiger partial charge >= 0.3 is 6.09 Å². The van der Waals surface area contributed by atoms with E-state index in [9.17, 15) is 14.7 Å². The van der Waals surface area contributed by atoms with Crippen molar-refractivity contribution in [2.75, 3.05) is 13.3 Å². The number of carbonyl (C=O) groups excluding carboxylic acids is 1. The predicted octanol–water partition coefficient (Wildman–Crippen LogP) is 4.15. The molecule has 7 nitrogen and oxygen atoms in total. The second-order valence-electron chi connectivity index (χ2n) is 7.74. The third kappa shape index (κ3) is 4.12. The Hall–Kier alpha value is -3.00. The van der Waals surface area contributed by atoms with Gasteiger partial charge in [0.15, 0.2) is 0 Å². The minimum atomic E-state index is -1.08. The lowest BCUT2D eigenvalue weighted by Gasteiger charge is -2.37. The van der Waals surface area contributed by atoms with Gasteiger partial charge in [0.25, 0.3) is 0 Å². The molecule has 4 rings (SSSR count). The molecule has 1 aliphatic carbocycles. The maximum absolute atomic E-state index is 12.3. The number of imidazole rings is 1. The maximum Gasteiger partial charge on any atom is 0.404 e. The quantitative estimate of drug-likeness (QED) is 0.520. The van der Waals surface area contributed by atoms with Crippen LogP contribution in [0.15, 0.2) is 53.4 Å². The lowest BCUT2D eigenvalue weighted by Crippen LogP contribution is -2.47. The molecule has 0 aliphatic heterocycles. The third-order valence-corrected chi connectivity index (χ3v) is 6.81. The van der Waals surface area contributed by atoms with Crippen LogP contribution in [0.25, 0.3) is 22.4 Å². The minimum Gasteiger partial charge on any atom is -0.465 e. The fourth-order valence-electron chi connectivity index (χ4n) is 4.62. The molecule has 8 heteroatoms. The Morgan fingerprint density at radius 3 is 2.61 bits per heavy atom. The summed E-state index contributed by atoms with van der Waals surface area (Å²) >= 11 is 1.66. The fourth-order valence-corrected chi connectivity index (χ4v) is 5.21. The molecule has 31 heavy (non-hydrogen) atoms. The minimum absolute atomic E-state index is 0.0425. The number of nitrogens with zero attached hydrogens (tertiary/aromatic N) is 2. The first-order valence-electron chi connectivity index (χ1n) is 10.3. The van der Waals surface area contributed by atoms with Gasteiger partial charge in [-0.3, -0.25) is 4.79 Å². The van der Waals surface area contributed by atoms with Gasteiger partial charge in [0.05, 0.1) is 23.1 Å². The monoisotopic (exact) mass is 438 g/mol. The Bertz CT molecular complexity index is 1110. The molecule has 3 unspecified atom stereocenters. The first kappa shape index (κ1) is 21.2. The van der Waals surface area contributed by atoms with Crippen LogP contribution in [0.1, 0.15) is 25.3 Å². The highest BCUT2D eigenvalue weighted by Crippen LogP contribution is 2.40. The van der Waals surface area contributed by atoms with Crippen molar-refractivity contribution in [3.05, 3.63) is 48.5 Å². The molecule has 2 amide bonds. The van der Waals surface area contributed by atoms with Crippen LogP contribution in [0.3, 0.4) is 0 Å². The van der Waals surface area contributed by atoms with Crippen LogP contribution >= 0.6 is 11.8 Å². The van der Waals surface area contributed by atoms with Crippen LogP contribution in [0.4, 0.5) is 4.79 Å². The smallest absolute Gasteiger partial charge is 0.404 e. The number of carboxylic acid groups (broad SMARTS) is 1. The van der Waals surface area contributed by atoms with E-state index in [2.05, 4.69) is 27.3 Å². The number of thioether (sulfide) groups is 1. The Labute approximate surface area is 185 Å². The third-order valence-electron chi connectivity index (χ3n) is 6.02. The molecule has 3 aromatic rings. The zero-order valence-corrected chi connectivity index (χ0v) is 18.4. The number of carbonyl (C=O) groups is 2. The van der Waals surface area contributed by atoms with Gasteiger partial charge in [-0.25, -0.2) is 9.78 Å². The molecular weight excluding hydrogens is 412 g/mol. The Balaban J connectivity index is 1.85. The molecule has 0 bridgehead atoms. The SMILES string of the molecule is CNC(=O)C1CCC(n2c(-c3ccccc3SC)nc3ccccc32)C(NC(=O)O)C1.